The average molecular weight is 319 g/mol. The minimum absolute atomic E-state index is 0.397. The zero-order valence-corrected chi connectivity index (χ0v) is 11.6. The maximum absolute atomic E-state index is 11.7. The normalized spacial score (nSPS) is 16.8. The predicted octanol–water partition coefficient (Wildman–Crippen LogP) is 3.56. The molecule has 0 amide bonds. The molecule has 0 spiro atoms. The number of hydrogen-bond acceptors (Lipinski definition) is 2. The molecule has 0 fully saturated rings. The quantitative estimate of drug-likeness (QED) is 0.874. The number of hydrogen-bond donors (Lipinski definition) is 1. The Hall–Kier alpha value is -1.81. The summed E-state index contributed by atoms with van der Waals surface area (Å²) in [6.07, 6.45) is 0. The predicted molar refractivity (Wildman–Crippen MR) is 74.4 cm³/mol. The zero-order chi connectivity index (χ0) is 13.4. The van der Waals surface area contributed by atoms with Crippen molar-refractivity contribution in [2.45, 2.75) is 12.5 Å². The van der Waals surface area contributed by atoms with Crippen LogP contribution >= 0.6 is 15.9 Å². The van der Waals surface area contributed by atoms with E-state index in [4.69, 9.17) is 4.74 Å². The fourth-order valence-corrected chi connectivity index (χ4v) is 2.79. The maximum atomic E-state index is 11.7. The van der Waals surface area contributed by atoms with E-state index in [1.165, 1.54) is 0 Å². The molecule has 0 radical (unpaired) electrons. The van der Waals surface area contributed by atoms with Crippen molar-refractivity contribution in [3.05, 3.63) is 63.6 Å². The summed E-state index contributed by atoms with van der Waals surface area (Å²) in [6.45, 7) is 0.397. The average Bonchev–Trinajstić information content (AvgIpc) is 2.54. The number of halogens is 1. The zero-order valence-electron chi connectivity index (χ0n) is 9.97. The number of fused-ring (bicyclic) bond motifs is 2. The molecule has 0 aliphatic carbocycles. The van der Waals surface area contributed by atoms with Crippen molar-refractivity contribution in [3.63, 3.8) is 0 Å². The van der Waals surface area contributed by atoms with Gasteiger partial charge in [-0.25, -0.2) is 0 Å². The Kier molecular flexibility index (Phi) is 3.03. The van der Waals surface area contributed by atoms with Gasteiger partial charge < -0.3 is 9.84 Å². The number of carboxylic acids is 1. The molecule has 3 rings (SSSR count). The van der Waals surface area contributed by atoms with Crippen LogP contribution in [0.5, 0.6) is 5.75 Å². The third-order valence-corrected chi connectivity index (χ3v) is 3.77. The molecule has 0 saturated carbocycles. The first-order chi connectivity index (χ1) is 9.16. The highest BCUT2D eigenvalue weighted by Crippen LogP contribution is 2.38. The lowest BCUT2D eigenvalue weighted by molar-refractivity contribution is -0.137. The highest BCUT2D eigenvalue weighted by Gasteiger charge is 2.30. The summed E-state index contributed by atoms with van der Waals surface area (Å²) in [5, 5.41) is 9.58. The van der Waals surface area contributed by atoms with Gasteiger partial charge in [0.2, 0.25) is 0 Å². The van der Waals surface area contributed by atoms with E-state index in [0.29, 0.717) is 17.9 Å². The van der Waals surface area contributed by atoms with E-state index in [1.54, 1.807) is 6.07 Å². The van der Waals surface area contributed by atoms with Gasteiger partial charge >= 0.3 is 5.97 Å². The summed E-state index contributed by atoms with van der Waals surface area (Å²) in [5.41, 5.74) is 2.40. The van der Waals surface area contributed by atoms with Crippen molar-refractivity contribution in [2.75, 3.05) is 0 Å². The van der Waals surface area contributed by atoms with Gasteiger partial charge in [0, 0.05) is 10.0 Å². The van der Waals surface area contributed by atoms with Gasteiger partial charge in [0.05, 0.1) is 0 Å². The molecule has 0 saturated heterocycles. The SMILES string of the molecule is O=C(O)[C@H]1c2ccccc2COc2ccc(Br)cc21. The van der Waals surface area contributed by atoms with E-state index in [-0.39, 0.29) is 0 Å². The first-order valence-electron chi connectivity index (χ1n) is 5.89. The summed E-state index contributed by atoms with van der Waals surface area (Å²) >= 11 is 3.38. The van der Waals surface area contributed by atoms with Crippen LogP contribution < -0.4 is 4.74 Å². The summed E-state index contributed by atoms with van der Waals surface area (Å²) < 4.78 is 6.57. The molecule has 2 aromatic carbocycles. The molecule has 2 aromatic rings. The van der Waals surface area contributed by atoms with Crippen LogP contribution in [0.2, 0.25) is 0 Å². The Bertz CT molecular complexity index is 652. The summed E-state index contributed by atoms with van der Waals surface area (Å²) in [6, 6.07) is 13.0. The second kappa shape index (κ2) is 4.70. The minimum atomic E-state index is -0.864. The Labute approximate surface area is 119 Å². The maximum Gasteiger partial charge on any atom is 0.315 e. The van der Waals surface area contributed by atoms with E-state index in [9.17, 15) is 9.90 Å². The number of carboxylic acid groups (broad SMARTS) is 1. The van der Waals surface area contributed by atoms with Crippen LogP contribution in [0.15, 0.2) is 46.9 Å². The molecule has 1 heterocycles. The largest absolute Gasteiger partial charge is 0.489 e. The highest BCUT2D eigenvalue weighted by atomic mass is 79.9. The van der Waals surface area contributed by atoms with Crippen LogP contribution in [0.1, 0.15) is 22.6 Å². The molecule has 4 heteroatoms. The number of ether oxygens (including phenoxy) is 1. The molecule has 0 bridgehead atoms. The van der Waals surface area contributed by atoms with E-state index in [1.807, 2.05) is 36.4 Å². The van der Waals surface area contributed by atoms with Crippen molar-refractivity contribution in [3.8, 4) is 5.75 Å². The number of aliphatic carboxylic acids is 1. The third kappa shape index (κ3) is 2.12. The fourth-order valence-electron chi connectivity index (χ4n) is 2.41. The first-order valence-corrected chi connectivity index (χ1v) is 6.69. The molecule has 1 aliphatic rings. The molecule has 1 N–H and O–H groups in total. The molecule has 1 atom stereocenters. The van der Waals surface area contributed by atoms with Crippen LogP contribution in [0.4, 0.5) is 0 Å². The van der Waals surface area contributed by atoms with Gasteiger partial charge in [-0.3, -0.25) is 4.79 Å². The smallest absolute Gasteiger partial charge is 0.315 e. The summed E-state index contributed by atoms with van der Waals surface area (Å²) in [4.78, 5) is 11.7. The topological polar surface area (TPSA) is 46.5 Å². The number of rotatable bonds is 1. The van der Waals surface area contributed by atoms with Crippen LogP contribution in [0, 0.1) is 0 Å². The van der Waals surface area contributed by atoms with Gasteiger partial charge in [0.25, 0.3) is 0 Å². The van der Waals surface area contributed by atoms with E-state index in [2.05, 4.69) is 15.9 Å². The van der Waals surface area contributed by atoms with Gasteiger partial charge in [-0.1, -0.05) is 40.2 Å². The Morgan fingerprint density at radius 1 is 1.21 bits per heavy atom. The molecule has 0 aromatic heterocycles. The molecule has 19 heavy (non-hydrogen) atoms. The van der Waals surface area contributed by atoms with Gasteiger partial charge in [0.1, 0.15) is 18.3 Å². The lowest BCUT2D eigenvalue weighted by Crippen LogP contribution is -2.13. The Morgan fingerprint density at radius 3 is 2.79 bits per heavy atom. The summed E-state index contributed by atoms with van der Waals surface area (Å²) in [7, 11) is 0. The third-order valence-electron chi connectivity index (χ3n) is 3.28. The summed E-state index contributed by atoms with van der Waals surface area (Å²) in [5.74, 6) is -0.921. The molecule has 3 nitrogen and oxygen atoms in total. The van der Waals surface area contributed by atoms with Crippen LogP contribution in [0.25, 0.3) is 0 Å². The van der Waals surface area contributed by atoms with Crippen molar-refractivity contribution in [1.82, 2.24) is 0 Å². The highest BCUT2D eigenvalue weighted by molar-refractivity contribution is 9.10. The molecule has 96 valence electrons. The lowest BCUT2D eigenvalue weighted by atomic mass is 9.88. The van der Waals surface area contributed by atoms with Gasteiger partial charge in [0.15, 0.2) is 0 Å². The minimum Gasteiger partial charge on any atom is -0.489 e. The number of carbonyl (C=O) groups is 1. The van der Waals surface area contributed by atoms with Gasteiger partial charge in [-0.05, 0) is 29.3 Å². The Balaban J connectivity index is 2.25. The lowest BCUT2D eigenvalue weighted by Gasteiger charge is -2.14. The first kappa shape index (κ1) is 12.2. The van der Waals surface area contributed by atoms with Gasteiger partial charge in [-0.2, -0.15) is 0 Å². The molecule has 1 aliphatic heterocycles. The molecular formula is C15H11BrO3. The number of benzene rings is 2. The van der Waals surface area contributed by atoms with E-state index in [0.717, 1.165) is 15.6 Å². The van der Waals surface area contributed by atoms with Crippen LogP contribution in [-0.4, -0.2) is 11.1 Å². The second-order valence-corrected chi connectivity index (χ2v) is 5.36. The Morgan fingerprint density at radius 2 is 2.00 bits per heavy atom. The van der Waals surface area contributed by atoms with Crippen molar-refractivity contribution in [2.24, 2.45) is 0 Å². The van der Waals surface area contributed by atoms with E-state index < -0.39 is 11.9 Å². The van der Waals surface area contributed by atoms with Crippen molar-refractivity contribution >= 4 is 21.9 Å². The fraction of sp³-hybridized carbons (Fsp3) is 0.133. The van der Waals surface area contributed by atoms with E-state index >= 15 is 0 Å². The van der Waals surface area contributed by atoms with Gasteiger partial charge in [-0.15, -0.1) is 0 Å². The van der Waals surface area contributed by atoms with Crippen LogP contribution in [-0.2, 0) is 11.4 Å². The second-order valence-electron chi connectivity index (χ2n) is 4.44. The molecule has 0 unspecified atom stereocenters. The molecular weight excluding hydrogens is 308 g/mol. The van der Waals surface area contributed by atoms with Crippen LogP contribution in [0.3, 0.4) is 0 Å². The monoisotopic (exact) mass is 318 g/mol. The van der Waals surface area contributed by atoms with Crippen molar-refractivity contribution < 1.29 is 14.6 Å². The standard InChI is InChI=1S/C15H11BrO3/c16-10-5-6-13-12(7-10)14(15(17)18)11-4-2-1-3-9(11)8-19-13/h1-7,14H,8H2,(H,17,18)/t14-/m0/s1. The van der Waals surface area contributed by atoms with Crippen molar-refractivity contribution in [1.29, 1.82) is 0 Å².